The van der Waals surface area contributed by atoms with Crippen LogP contribution in [0.1, 0.15) is 11.9 Å². The highest BCUT2D eigenvalue weighted by molar-refractivity contribution is 5.47. The van der Waals surface area contributed by atoms with Crippen LogP contribution in [0.5, 0.6) is 0 Å². The van der Waals surface area contributed by atoms with Crippen molar-refractivity contribution in [1.82, 2.24) is 10.3 Å². The Morgan fingerprint density at radius 1 is 1.50 bits per heavy atom. The topological polar surface area (TPSA) is 57.6 Å². The molecule has 1 aromatic heterocycles. The minimum Gasteiger partial charge on any atom is -0.364 e. The van der Waals surface area contributed by atoms with Gasteiger partial charge in [-0.05, 0) is 12.1 Å². The molecule has 0 amide bonds. The van der Waals surface area contributed by atoms with Gasteiger partial charge < -0.3 is 20.1 Å². The van der Waals surface area contributed by atoms with Crippen LogP contribution in [0, 0.1) is 0 Å². The zero-order valence-corrected chi connectivity index (χ0v) is 9.39. The molecule has 0 saturated carbocycles. The van der Waals surface area contributed by atoms with E-state index in [1.807, 2.05) is 12.1 Å². The van der Waals surface area contributed by atoms with Crippen LogP contribution in [0.3, 0.4) is 0 Å². The number of pyridine rings is 1. The largest absolute Gasteiger partial charge is 0.364 e. The monoisotopic (exact) mass is 223 g/mol. The SMILES string of the molecule is COC(O)c1cccnc1N1CCNCC1. The number of methoxy groups -OCH3 is 1. The number of aliphatic hydroxyl groups excluding tert-OH is 1. The van der Waals surface area contributed by atoms with Crippen molar-refractivity contribution in [3.8, 4) is 0 Å². The Morgan fingerprint density at radius 2 is 2.25 bits per heavy atom. The second-order valence-corrected chi connectivity index (χ2v) is 3.74. The maximum atomic E-state index is 9.74. The summed E-state index contributed by atoms with van der Waals surface area (Å²) in [5.41, 5.74) is 0.729. The lowest BCUT2D eigenvalue weighted by Gasteiger charge is -2.30. The van der Waals surface area contributed by atoms with Gasteiger partial charge in [-0.3, -0.25) is 0 Å². The number of rotatable bonds is 3. The van der Waals surface area contributed by atoms with Crippen molar-refractivity contribution >= 4 is 5.82 Å². The maximum absolute atomic E-state index is 9.74. The van der Waals surface area contributed by atoms with E-state index < -0.39 is 6.29 Å². The molecule has 1 aliphatic rings. The van der Waals surface area contributed by atoms with Gasteiger partial charge in [0.25, 0.3) is 0 Å². The molecule has 16 heavy (non-hydrogen) atoms. The zero-order valence-electron chi connectivity index (χ0n) is 9.39. The average Bonchev–Trinajstić information content (AvgIpc) is 2.39. The molecule has 1 unspecified atom stereocenters. The van der Waals surface area contributed by atoms with Crippen LogP contribution in [-0.4, -0.2) is 43.4 Å². The van der Waals surface area contributed by atoms with E-state index in [0.717, 1.165) is 37.6 Å². The summed E-state index contributed by atoms with van der Waals surface area (Å²) >= 11 is 0. The Balaban J connectivity index is 2.24. The molecule has 1 fully saturated rings. The fourth-order valence-corrected chi connectivity index (χ4v) is 1.87. The second kappa shape index (κ2) is 5.25. The number of hydrogen-bond donors (Lipinski definition) is 2. The molecule has 0 bridgehead atoms. The van der Waals surface area contributed by atoms with Crippen LogP contribution >= 0.6 is 0 Å². The summed E-state index contributed by atoms with van der Waals surface area (Å²) in [4.78, 5) is 6.49. The fraction of sp³-hybridized carbons (Fsp3) is 0.545. The molecular formula is C11H17N3O2. The van der Waals surface area contributed by atoms with Crippen LogP contribution in [0.2, 0.25) is 0 Å². The summed E-state index contributed by atoms with van der Waals surface area (Å²) in [6, 6.07) is 3.65. The van der Waals surface area contributed by atoms with Crippen molar-refractivity contribution in [2.24, 2.45) is 0 Å². The number of hydrogen-bond acceptors (Lipinski definition) is 5. The van der Waals surface area contributed by atoms with Crippen molar-refractivity contribution in [2.45, 2.75) is 6.29 Å². The molecule has 0 aliphatic carbocycles. The lowest BCUT2D eigenvalue weighted by molar-refractivity contribution is -0.0767. The summed E-state index contributed by atoms with van der Waals surface area (Å²) in [6.07, 6.45) is 0.835. The fourth-order valence-electron chi connectivity index (χ4n) is 1.87. The Hall–Kier alpha value is -1.17. The molecule has 0 spiro atoms. The third kappa shape index (κ3) is 2.32. The van der Waals surface area contributed by atoms with Crippen molar-refractivity contribution < 1.29 is 9.84 Å². The van der Waals surface area contributed by atoms with Crippen molar-refractivity contribution in [3.63, 3.8) is 0 Å². The van der Waals surface area contributed by atoms with E-state index in [9.17, 15) is 5.11 Å². The summed E-state index contributed by atoms with van der Waals surface area (Å²) in [6.45, 7) is 3.69. The van der Waals surface area contributed by atoms with Gasteiger partial charge in [-0.2, -0.15) is 0 Å². The summed E-state index contributed by atoms with van der Waals surface area (Å²) in [7, 11) is 1.49. The minimum atomic E-state index is -0.904. The molecule has 2 heterocycles. The Morgan fingerprint density at radius 3 is 2.94 bits per heavy atom. The molecule has 2 rings (SSSR count). The van der Waals surface area contributed by atoms with Gasteiger partial charge in [0.05, 0.1) is 5.56 Å². The molecule has 5 heteroatoms. The maximum Gasteiger partial charge on any atom is 0.184 e. The zero-order chi connectivity index (χ0) is 11.4. The van der Waals surface area contributed by atoms with Gasteiger partial charge in [0.1, 0.15) is 5.82 Å². The first-order chi connectivity index (χ1) is 7.83. The predicted octanol–water partition coefficient (Wildman–Crippen LogP) is 0.128. The van der Waals surface area contributed by atoms with E-state index >= 15 is 0 Å². The second-order valence-electron chi connectivity index (χ2n) is 3.74. The molecule has 0 aromatic carbocycles. The minimum absolute atomic E-state index is 0.729. The number of nitrogens with one attached hydrogen (secondary N) is 1. The van der Waals surface area contributed by atoms with Crippen LogP contribution in [0.15, 0.2) is 18.3 Å². The van der Waals surface area contributed by atoms with E-state index in [4.69, 9.17) is 4.74 Å². The predicted molar refractivity (Wildman–Crippen MR) is 61.3 cm³/mol. The smallest absolute Gasteiger partial charge is 0.184 e. The Kier molecular flexibility index (Phi) is 3.71. The van der Waals surface area contributed by atoms with Crippen molar-refractivity contribution in [1.29, 1.82) is 0 Å². The van der Waals surface area contributed by atoms with Gasteiger partial charge in [-0.25, -0.2) is 4.98 Å². The quantitative estimate of drug-likeness (QED) is 0.713. The molecule has 1 aliphatic heterocycles. The van der Waals surface area contributed by atoms with E-state index in [1.165, 1.54) is 7.11 Å². The molecule has 0 radical (unpaired) electrons. The number of ether oxygens (including phenoxy) is 1. The Bertz CT molecular complexity index is 340. The number of piperazine rings is 1. The normalized spacial score (nSPS) is 18.5. The summed E-state index contributed by atoms with van der Waals surface area (Å²) < 4.78 is 4.94. The highest BCUT2D eigenvalue weighted by Gasteiger charge is 2.19. The van der Waals surface area contributed by atoms with Crippen molar-refractivity contribution in [3.05, 3.63) is 23.9 Å². The van der Waals surface area contributed by atoms with Crippen LogP contribution in [-0.2, 0) is 4.74 Å². The van der Waals surface area contributed by atoms with E-state index in [1.54, 1.807) is 6.20 Å². The van der Waals surface area contributed by atoms with Gasteiger partial charge in [-0.15, -0.1) is 0 Å². The molecule has 1 aromatic rings. The number of nitrogens with zero attached hydrogens (tertiary/aromatic N) is 2. The highest BCUT2D eigenvalue weighted by Crippen LogP contribution is 2.24. The van der Waals surface area contributed by atoms with Gasteiger partial charge >= 0.3 is 0 Å². The molecule has 88 valence electrons. The highest BCUT2D eigenvalue weighted by atomic mass is 16.6. The van der Waals surface area contributed by atoms with E-state index in [-0.39, 0.29) is 0 Å². The first kappa shape index (κ1) is 11.3. The lowest BCUT2D eigenvalue weighted by Crippen LogP contribution is -2.44. The third-order valence-electron chi connectivity index (χ3n) is 2.72. The average molecular weight is 223 g/mol. The molecule has 5 nitrogen and oxygen atoms in total. The standard InChI is InChI=1S/C11H17N3O2/c1-16-11(15)9-3-2-4-13-10(9)14-7-5-12-6-8-14/h2-4,11-12,15H,5-8H2,1H3. The van der Waals surface area contributed by atoms with Crippen molar-refractivity contribution in [2.75, 3.05) is 38.2 Å². The van der Waals surface area contributed by atoms with Gasteiger partial charge in [0.15, 0.2) is 6.29 Å². The van der Waals surface area contributed by atoms with E-state index in [2.05, 4.69) is 15.2 Å². The molecule has 1 saturated heterocycles. The van der Waals surface area contributed by atoms with Crippen LogP contribution < -0.4 is 10.2 Å². The first-order valence-corrected chi connectivity index (χ1v) is 5.44. The van der Waals surface area contributed by atoms with E-state index in [0.29, 0.717) is 0 Å². The Labute approximate surface area is 95.1 Å². The number of anilines is 1. The summed E-state index contributed by atoms with van der Waals surface area (Å²) in [5.74, 6) is 0.818. The molecule has 2 N–H and O–H groups in total. The molecular weight excluding hydrogens is 206 g/mol. The van der Waals surface area contributed by atoms with Gasteiger partial charge in [0, 0.05) is 39.5 Å². The number of aromatic nitrogens is 1. The van der Waals surface area contributed by atoms with Crippen LogP contribution in [0.25, 0.3) is 0 Å². The number of aliphatic hydroxyl groups is 1. The van der Waals surface area contributed by atoms with Gasteiger partial charge in [0.2, 0.25) is 0 Å². The van der Waals surface area contributed by atoms with Crippen LogP contribution in [0.4, 0.5) is 5.82 Å². The first-order valence-electron chi connectivity index (χ1n) is 5.44. The summed E-state index contributed by atoms with van der Waals surface area (Å²) in [5, 5.41) is 13.0. The lowest BCUT2D eigenvalue weighted by atomic mass is 10.2. The van der Waals surface area contributed by atoms with Gasteiger partial charge in [-0.1, -0.05) is 0 Å². The molecule has 1 atom stereocenters. The third-order valence-corrected chi connectivity index (χ3v) is 2.72.